The number of imidazole rings is 2. The van der Waals surface area contributed by atoms with Gasteiger partial charge in [-0.15, -0.1) is 0 Å². The van der Waals surface area contributed by atoms with Crippen LogP contribution in [-0.2, 0) is 23.7 Å². The van der Waals surface area contributed by atoms with Gasteiger partial charge in [0.25, 0.3) is 0 Å². The number of para-hydroxylation sites is 4. The SMILES string of the molecule is C.C.CON(C)C(=O)[C@H]1CC[C@H]2[C@@H]3CC[C@@H]4C[C@](C)(O)CC[C@@H]4[C@H]3CC[C@]12C.Cn1c(C(=O)[C@H]2CC[C@H]3[C@@H]4CC[C@@H]5C[C@](C)(O)CC[C@@H]5[C@H]4CC[C@]23C)nc2ccccc21.Cn1cnc2ccccc21.[CH2-]CCC.[Li+]. The topological polar surface area (TPSA) is 123 Å². The number of aromatic nitrogens is 4. The maximum absolute atomic E-state index is 13.8. The molecule has 412 valence electrons. The summed E-state index contributed by atoms with van der Waals surface area (Å²) in [6.45, 7) is 14.6. The molecule has 0 bridgehead atoms. The molecule has 2 aromatic carbocycles. The van der Waals surface area contributed by atoms with Crippen molar-refractivity contribution in [3.8, 4) is 0 Å². The smallest absolute Gasteiger partial charge is 0.390 e. The molecule has 16 atom stereocenters. The van der Waals surface area contributed by atoms with Crippen LogP contribution in [0.4, 0.5) is 0 Å². The standard InChI is InChI=1S/C28H38N2O2.C22H37NO3.C8H8N2.C4H9.2CH4.Li/c1-27(32)14-12-18-17(16-27)8-9-20-19(18)13-15-28(2)21(20)10-11-22(28)25(31)26-29-23-6-4-5-7-24(23)30(26)3;1-21(25)11-9-15-14(13-21)5-6-17-16(15)10-12-22(2)18(17)7-8-19(22)20(24)23(3)26-4;1-10-6-9-7-4-2-3-5-8(7)10;1-3-4-2;;;/h4-7,17-22,32H,8-16H2,1-3H3;14-19,25H,5-13H2,1-4H3;2-6H,1H3;1,3-4H2,2H3;2*1H4;/q;;;-1;;;+1/t17-,18+,19-,20-,21+,22-,27-,28+;14-,15+,16-,17-,18+,19-,21-,22+;;;;;/m11...../s1. The molecule has 75 heavy (non-hydrogen) atoms. The van der Waals surface area contributed by atoms with Gasteiger partial charge in [0.15, 0.2) is 5.82 Å². The van der Waals surface area contributed by atoms with E-state index in [2.05, 4.69) is 44.8 Å². The number of hydrogen-bond acceptors (Lipinski definition) is 7. The van der Waals surface area contributed by atoms with Crippen molar-refractivity contribution in [2.45, 2.75) is 189 Å². The molecule has 0 unspecified atom stereocenters. The molecule has 2 heterocycles. The van der Waals surface area contributed by atoms with Gasteiger partial charge in [0.1, 0.15) is 0 Å². The molecule has 8 fully saturated rings. The van der Waals surface area contributed by atoms with Gasteiger partial charge in [-0.25, -0.2) is 15.0 Å². The van der Waals surface area contributed by atoms with E-state index >= 15 is 0 Å². The van der Waals surface area contributed by atoms with Gasteiger partial charge in [0, 0.05) is 33.0 Å². The molecule has 0 radical (unpaired) electrons. The first-order valence-corrected chi connectivity index (χ1v) is 28.7. The number of amides is 1. The van der Waals surface area contributed by atoms with Crippen molar-refractivity contribution in [2.75, 3.05) is 14.2 Å². The second-order valence-electron chi connectivity index (χ2n) is 25.8. The molecule has 0 saturated heterocycles. The number of aryl methyl sites for hydroxylation is 2. The Morgan fingerprint density at radius 2 is 1.13 bits per heavy atom. The van der Waals surface area contributed by atoms with Gasteiger partial charge in [0.2, 0.25) is 11.7 Å². The minimum atomic E-state index is -0.451. The molecular formula is C64H100LiN5O5. The molecule has 8 saturated carbocycles. The van der Waals surface area contributed by atoms with Gasteiger partial charge in [-0.2, -0.15) is 6.42 Å². The van der Waals surface area contributed by atoms with Crippen molar-refractivity contribution in [1.29, 1.82) is 0 Å². The predicted octanol–water partition coefficient (Wildman–Crippen LogP) is 11.3. The van der Waals surface area contributed by atoms with Crippen LogP contribution < -0.4 is 18.9 Å². The molecular weight excluding hydrogens is 926 g/mol. The van der Waals surface area contributed by atoms with Crippen LogP contribution in [0.15, 0.2) is 54.9 Å². The molecule has 8 aliphatic carbocycles. The zero-order chi connectivity index (χ0) is 51.3. The average molecular weight is 1030 g/mol. The maximum Gasteiger partial charge on any atom is 1.00 e. The van der Waals surface area contributed by atoms with E-state index in [-0.39, 0.29) is 68.1 Å². The molecule has 0 aliphatic heterocycles. The number of hydroxylamine groups is 2. The normalized spacial score (nSPS) is 37.9. The van der Waals surface area contributed by atoms with E-state index in [0.29, 0.717) is 23.6 Å². The van der Waals surface area contributed by atoms with Crippen LogP contribution in [0, 0.1) is 88.8 Å². The number of unbranched alkanes of at least 4 members (excludes halogenated alkanes) is 1. The fourth-order valence-corrected chi connectivity index (χ4v) is 17.9. The Balaban J connectivity index is 0.000000190. The third kappa shape index (κ3) is 11.8. The molecule has 8 aliphatic rings. The first kappa shape index (κ1) is 61.2. The van der Waals surface area contributed by atoms with Crippen molar-refractivity contribution in [2.24, 2.45) is 95.9 Å². The molecule has 11 heteroatoms. The van der Waals surface area contributed by atoms with E-state index < -0.39 is 11.2 Å². The summed E-state index contributed by atoms with van der Waals surface area (Å²) in [5.74, 6) is 8.97. The van der Waals surface area contributed by atoms with Crippen LogP contribution in [0.25, 0.3) is 22.1 Å². The molecule has 1 amide bonds. The van der Waals surface area contributed by atoms with Gasteiger partial charge in [-0.1, -0.05) is 66.3 Å². The molecule has 2 aromatic heterocycles. The van der Waals surface area contributed by atoms with E-state index in [1.807, 2.05) is 79.8 Å². The second kappa shape index (κ2) is 24.6. The van der Waals surface area contributed by atoms with Gasteiger partial charge < -0.3 is 26.3 Å². The van der Waals surface area contributed by atoms with Crippen molar-refractivity contribution in [1.82, 2.24) is 24.2 Å². The largest absolute Gasteiger partial charge is 1.00 e. The zero-order valence-corrected chi connectivity index (χ0v) is 46.8. The number of nitrogens with zero attached hydrogens (tertiary/aromatic N) is 5. The minimum absolute atomic E-state index is 0. The molecule has 2 N–H and O–H groups in total. The van der Waals surface area contributed by atoms with E-state index in [9.17, 15) is 19.8 Å². The summed E-state index contributed by atoms with van der Waals surface area (Å²) in [5.41, 5.74) is 3.59. The van der Waals surface area contributed by atoms with Crippen LogP contribution in [-0.4, -0.2) is 71.4 Å². The summed E-state index contributed by atoms with van der Waals surface area (Å²) < 4.78 is 4.02. The number of hydrogen-bond donors (Lipinski definition) is 2. The van der Waals surface area contributed by atoms with E-state index in [1.54, 1.807) is 14.2 Å². The quantitative estimate of drug-likeness (QED) is 0.0883. The fraction of sp³-hybridized carbons (Fsp3) is 0.734. The Kier molecular flexibility index (Phi) is 20.1. The summed E-state index contributed by atoms with van der Waals surface area (Å²) in [5, 5.41) is 22.6. The number of rotatable bonds is 5. The Labute approximate surface area is 465 Å². The first-order chi connectivity index (χ1) is 34.3. The number of carbonyl (C=O) groups is 2. The van der Waals surface area contributed by atoms with E-state index in [0.717, 1.165) is 103 Å². The van der Waals surface area contributed by atoms with Crippen LogP contribution in [0.3, 0.4) is 0 Å². The second-order valence-corrected chi connectivity index (χ2v) is 25.8. The van der Waals surface area contributed by atoms with Gasteiger partial charge in [-0.3, -0.25) is 14.4 Å². The molecule has 4 aromatic rings. The van der Waals surface area contributed by atoms with E-state index in [4.69, 9.17) is 9.82 Å². The van der Waals surface area contributed by atoms with Gasteiger partial charge in [0.05, 0.1) is 46.7 Å². The summed E-state index contributed by atoms with van der Waals surface area (Å²) in [4.78, 5) is 40.9. The molecule has 0 spiro atoms. The summed E-state index contributed by atoms with van der Waals surface area (Å²) in [6, 6.07) is 16.2. The molecule has 12 rings (SSSR count). The summed E-state index contributed by atoms with van der Waals surface area (Å²) in [7, 11) is 7.33. The Hall–Kier alpha value is -3.00. The average Bonchev–Trinajstić information content (AvgIpc) is 4.13. The van der Waals surface area contributed by atoms with Crippen molar-refractivity contribution < 1.29 is 43.5 Å². The number of carbonyl (C=O) groups excluding carboxylic acids is 2. The number of ketones is 1. The van der Waals surface area contributed by atoms with E-state index in [1.165, 1.54) is 94.1 Å². The first-order valence-electron chi connectivity index (χ1n) is 28.7. The third-order valence-electron chi connectivity index (χ3n) is 21.7. The van der Waals surface area contributed by atoms with Crippen LogP contribution in [0.5, 0.6) is 0 Å². The maximum atomic E-state index is 13.8. The molecule has 10 nitrogen and oxygen atoms in total. The summed E-state index contributed by atoms with van der Waals surface area (Å²) >= 11 is 0. The fourth-order valence-electron chi connectivity index (χ4n) is 17.9. The van der Waals surface area contributed by atoms with Crippen molar-refractivity contribution >= 4 is 33.8 Å². The third-order valence-corrected chi connectivity index (χ3v) is 21.7. The Bertz CT molecular complexity index is 2520. The van der Waals surface area contributed by atoms with Crippen LogP contribution in [0.1, 0.15) is 189 Å². The van der Waals surface area contributed by atoms with Gasteiger partial charge in [-0.05, 0) is 224 Å². The number of aliphatic hydroxyl groups is 2. The predicted molar refractivity (Wildman–Crippen MR) is 302 cm³/mol. The summed E-state index contributed by atoms with van der Waals surface area (Å²) in [6.07, 6.45) is 25.0. The monoisotopic (exact) mass is 1030 g/mol. The number of Topliss-reactive ketones (excluding diaryl/α,β-unsaturated/α-hetero) is 1. The van der Waals surface area contributed by atoms with Crippen molar-refractivity contribution in [3.05, 3.63) is 67.6 Å². The number of fused-ring (bicyclic) bond motifs is 12. The Morgan fingerprint density at radius 3 is 1.63 bits per heavy atom. The van der Waals surface area contributed by atoms with Crippen LogP contribution >= 0.6 is 0 Å². The van der Waals surface area contributed by atoms with Crippen molar-refractivity contribution in [3.63, 3.8) is 0 Å². The van der Waals surface area contributed by atoms with Crippen LogP contribution in [0.2, 0.25) is 0 Å². The number of benzene rings is 2. The Morgan fingerprint density at radius 1 is 0.667 bits per heavy atom. The minimum Gasteiger partial charge on any atom is -0.390 e. The van der Waals surface area contributed by atoms with Gasteiger partial charge >= 0.3 is 18.9 Å². The zero-order valence-electron chi connectivity index (χ0n) is 46.8.